The van der Waals surface area contributed by atoms with Gasteiger partial charge in [-0.2, -0.15) is 10.5 Å². The van der Waals surface area contributed by atoms with E-state index in [1.54, 1.807) is 7.05 Å². The molecular formula is C18H25FN6. The molecule has 0 saturated carbocycles. The van der Waals surface area contributed by atoms with Crippen LogP contribution in [0.5, 0.6) is 0 Å². The highest BCUT2D eigenvalue weighted by Crippen LogP contribution is 2.09. The molecule has 0 aromatic heterocycles. The van der Waals surface area contributed by atoms with Crippen LogP contribution >= 0.6 is 0 Å². The average molecular weight is 344 g/mol. The van der Waals surface area contributed by atoms with Gasteiger partial charge in [-0.15, -0.1) is 0 Å². The number of nitriles is 2. The molecule has 1 aliphatic heterocycles. The summed E-state index contributed by atoms with van der Waals surface area (Å²) >= 11 is 0. The van der Waals surface area contributed by atoms with Gasteiger partial charge >= 0.3 is 0 Å². The second kappa shape index (κ2) is 10.1. The smallest absolute Gasteiger partial charge is 0.161 e. The zero-order chi connectivity index (χ0) is 18.1. The lowest BCUT2D eigenvalue weighted by Gasteiger charge is -2.35. The van der Waals surface area contributed by atoms with E-state index < -0.39 is 5.92 Å². The fourth-order valence-electron chi connectivity index (χ4n) is 2.96. The Hall–Kier alpha value is -2.03. The first-order chi connectivity index (χ1) is 12.2. The number of benzene rings is 1. The average Bonchev–Trinajstić information content (AvgIpc) is 2.64. The van der Waals surface area contributed by atoms with Crippen molar-refractivity contribution < 1.29 is 4.39 Å². The Morgan fingerprint density at radius 3 is 2.24 bits per heavy atom. The van der Waals surface area contributed by atoms with E-state index in [1.807, 2.05) is 24.3 Å². The summed E-state index contributed by atoms with van der Waals surface area (Å²) in [5.74, 6) is -0.895. The summed E-state index contributed by atoms with van der Waals surface area (Å²) in [4.78, 5) is 4.74. The molecule has 1 aromatic carbocycles. The lowest BCUT2D eigenvalue weighted by atomic mass is 10.1. The van der Waals surface area contributed by atoms with Crippen molar-refractivity contribution in [1.82, 2.24) is 20.4 Å². The van der Waals surface area contributed by atoms with Gasteiger partial charge in [-0.3, -0.25) is 15.1 Å². The first kappa shape index (κ1) is 19.3. The maximum atomic E-state index is 12.9. The van der Waals surface area contributed by atoms with Gasteiger partial charge < -0.3 is 5.32 Å². The van der Waals surface area contributed by atoms with Crippen molar-refractivity contribution in [3.63, 3.8) is 0 Å². The molecule has 0 bridgehead atoms. The topological polar surface area (TPSA) is 78.1 Å². The molecular weight excluding hydrogens is 319 g/mol. The van der Waals surface area contributed by atoms with Crippen molar-refractivity contribution in [3.8, 4) is 12.1 Å². The highest BCUT2D eigenvalue weighted by molar-refractivity contribution is 5.16. The minimum atomic E-state index is -0.697. The van der Waals surface area contributed by atoms with Crippen LogP contribution in [0.2, 0.25) is 0 Å². The summed E-state index contributed by atoms with van der Waals surface area (Å²) in [7, 11) is 1.74. The van der Waals surface area contributed by atoms with Crippen LogP contribution in [-0.4, -0.2) is 62.3 Å². The van der Waals surface area contributed by atoms with Gasteiger partial charge in [0.25, 0.3) is 0 Å². The zero-order valence-electron chi connectivity index (χ0n) is 14.6. The Morgan fingerprint density at radius 2 is 1.68 bits per heavy atom. The molecule has 1 fully saturated rings. The van der Waals surface area contributed by atoms with Gasteiger partial charge in [-0.05, 0) is 24.7 Å². The maximum Gasteiger partial charge on any atom is 0.161 e. The SMILES string of the molecule is CNC(NCCN1CCN(Cc2ccc(F)cc2)CC1)C(C#N)C#N. The van der Waals surface area contributed by atoms with Crippen molar-refractivity contribution in [3.05, 3.63) is 35.6 Å². The quantitative estimate of drug-likeness (QED) is 0.678. The Kier molecular flexibility index (Phi) is 7.77. The summed E-state index contributed by atoms with van der Waals surface area (Å²) in [5.41, 5.74) is 1.13. The molecule has 0 amide bonds. The highest BCUT2D eigenvalue weighted by atomic mass is 19.1. The lowest BCUT2D eigenvalue weighted by molar-refractivity contribution is 0.126. The molecule has 0 aliphatic carbocycles. The van der Waals surface area contributed by atoms with Crippen LogP contribution in [0.4, 0.5) is 4.39 Å². The Balaban J connectivity index is 1.67. The van der Waals surface area contributed by atoms with Gasteiger partial charge in [-0.1, -0.05) is 12.1 Å². The van der Waals surface area contributed by atoms with E-state index in [4.69, 9.17) is 10.5 Å². The minimum absolute atomic E-state index is 0.198. The molecule has 2 rings (SSSR count). The number of hydrogen-bond donors (Lipinski definition) is 2. The predicted octanol–water partition coefficient (Wildman–Crippen LogP) is 0.742. The van der Waals surface area contributed by atoms with E-state index in [9.17, 15) is 4.39 Å². The number of nitrogens with one attached hydrogen (secondary N) is 2. The van der Waals surface area contributed by atoms with E-state index in [1.165, 1.54) is 12.1 Å². The van der Waals surface area contributed by atoms with Crippen LogP contribution in [0.25, 0.3) is 0 Å². The third-order valence-electron chi connectivity index (χ3n) is 4.50. The maximum absolute atomic E-state index is 12.9. The molecule has 1 atom stereocenters. The van der Waals surface area contributed by atoms with Crippen molar-refractivity contribution in [2.24, 2.45) is 5.92 Å². The number of nitrogens with zero attached hydrogens (tertiary/aromatic N) is 4. The van der Waals surface area contributed by atoms with Gasteiger partial charge in [-0.25, -0.2) is 4.39 Å². The van der Waals surface area contributed by atoms with Gasteiger partial charge in [0.15, 0.2) is 5.92 Å². The van der Waals surface area contributed by atoms with Crippen LogP contribution in [0.3, 0.4) is 0 Å². The fraction of sp³-hybridized carbons (Fsp3) is 0.556. The number of halogens is 1. The number of piperazine rings is 1. The van der Waals surface area contributed by atoms with E-state index in [0.717, 1.165) is 51.4 Å². The summed E-state index contributed by atoms with van der Waals surface area (Å²) < 4.78 is 12.9. The molecule has 0 spiro atoms. The molecule has 1 saturated heterocycles. The van der Waals surface area contributed by atoms with Crippen LogP contribution < -0.4 is 10.6 Å². The number of rotatable bonds is 8. The van der Waals surface area contributed by atoms with Crippen molar-refractivity contribution in [2.75, 3.05) is 46.3 Å². The molecule has 6 nitrogen and oxygen atoms in total. The van der Waals surface area contributed by atoms with Gasteiger partial charge in [0.05, 0.1) is 18.3 Å². The molecule has 25 heavy (non-hydrogen) atoms. The van der Waals surface area contributed by atoms with Crippen molar-refractivity contribution in [2.45, 2.75) is 12.7 Å². The largest absolute Gasteiger partial charge is 0.303 e. The minimum Gasteiger partial charge on any atom is -0.303 e. The lowest BCUT2D eigenvalue weighted by Crippen LogP contribution is -2.51. The predicted molar refractivity (Wildman–Crippen MR) is 93.7 cm³/mol. The normalized spacial score (nSPS) is 17.2. The Bertz CT molecular complexity index is 583. The van der Waals surface area contributed by atoms with Crippen molar-refractivity contribution >= 4 is 0 Å². The second-order valence-electron chi connectivity index (χ2n) is 6.20. The summed E-state index contributed by atoms with van der Waals surface area (Å²) in [6.45, 7) is 6.37. The van der Waals surface area contributed by atoms with Gasteiger partial charge in [0, 0.05) is 45.8 Å². The van der Waals surface area contributed by atoms with E-state index in [0.29, 0.717) is 0 Å². The molecule has 1 aromatic rings. The molecule has 7 heteroatoms. The summed E-state index contributed by atoms with van der Waals surface area (Å²) in [6.07, 6.45) is -0.310. The van der Waals surface area contributed by atoms with Crippen LogP contribution in [-0.2, 0) is 6.54 Å². The van der Waals surface area contributed by atoms with Crippen LogP contribution in [0.15, 0.2) is 24.3 Å². The molecule has 1 unspecified atom stereocenters. The number of hydrogen-bond acceptors (Lipinski definition) is 6. The molecule has 1 heterocycles. The van der Waals surface area contributed by atoms with Crippen LogP contribution in [0.1, 0.15) is 5.56 Å². The van der Waals surface area contributed by atoms with Crippen molar-refractivity contribution in [1.29, 1.82) is 10.5 Å². The second-order valence-corrected chi connectivity index (χ2v) is 6.20. The first-order valence-electron chi connectivity index (χ1n) is 8.55. The van der Waals surface area contributed by atoms with E-state index in [2.05, 4.69) is 20.4 Å². The Morgan fingerprint density at radius 1 is 1.08 bits per heavy atom. The fourth-order valence-corrected chi connectivity index (χ4v) is 2.96. The highest BCUT2D eigenvalue weighted by Gasteiger charge is 2.20. The third-order valence-corrected chi connectivity index (χ3v) is 4.50. The van der Waals surface area contributed by atoms with E-state index in [-0.39, 0.29) is 12.0 Å². The van der Waals surface area contributed by atoms with Gasteiger partial charge in [0.2, 0.25) is 0 Å². The molecule has 134 valence electrons. The van der Waals surface area contributed by atoms with E-state index >= 15 is 0 Å². The Labute approximate surface area is 148 Å². The summed E-state index contributed by atoms with van der Waals surface area (Å²) in [5, 5.41) is 24.1. The monoisotopic (exact) mass is 344 g/mol. The molecule has 0 radical (unpaired) electrons. The zero-order valence-corrected chi connectivity index (χ0v) is 14.6. The molecule has 2 N–H and O–H groups in total. The first-order valence-corrected chi connectivity index (χ1v) is 8.55. The van der Waals surface area contributed by atoms with Crippen LogP contribution in [0, 0.1) is 34.4 Å². The molecule has 1 aliphatic rings. The third kappa shape index (κ3) is 6.08. The standard InChI is InChI=1S/C18H25FN6/c1-22-18(16(12-20)13-21)23-6-7-24-8-10-25(11-9-24)14-15-2-4-17(19)5-3-15/h2-5,16,18,22-23H,6-11,14H2,1H3. The van der Waals surface area contributed by atoms with Gasteiger partial charge in [0.1, 0.15) is 5.82 Å². The summed E-state index contributed by atoms with van der Waals surface area (Å²) in [6, 6.07) is 10.7.